The molecule has 1 unspecified atom stereocenters. The van der Waals surface area contributed by atoms with Crippen LogP contribution in [0.15, 0.2) is 18.2 Å². The third-order valence-corrected chi connectivity index (χ3v) is 5.01. The van der Waals surface area contributed by atoms with Crippen LogP contribution in [0.25, 0.3) is 0 Å². The van der Waals surface area contributed by atoms with E-state index in [0.29, 0.717) is 13.2 Å². The molecule has 1 saturated heterocycles. The number of nitrogens with one attached hydrogen (secondary N) is 2. The van der Waals surface area contributed by atoms with E-state index in [-0.39, 0.29) is 42.9 Å². The Morgan fingerprint density at radius 2 is 1.90 bits per heavy atom. The number of benzene rings is 1. The van der Waals surface area contributed by atoms with Crippen LogP contribution in [0, 0.1) is 0 Å². The number of nitrogens with zero attached hydrogens (tertiary/aromatic N) is 1. The fourth-order valence-electron chi connectivity index (χ4n) is 3.24. The van der Waals surface area contributed by atoms with Crippen LogP contribution in [-0.2, 0) is 23.9 Å². The van der Waals surface area contributed by atoms with Gasteiger partial charge in [0.15, 0.2) is 0 Å². The lowest BCUT2D eigenvalue weighted by molar-refractivity contribution is -0.136. The molecule has 0 spiro atoms. The number of carbonyl (C=O) groups is 5. The smallest absolute Gasteiger partial charge is 0.264 e. The molecule has 1 fully saturated rings. The normalized spacial score (nSPS) is 18.4. The summed E-state index contributed by atoms with van der Waals surface area (Å²) in [4.78, 5) is 62.2. The van der Waals surface area contributed by atoms with Gasteiger partial charge >= 0.3 is 0 Å². The predicted octanol–water partition coefficient (Wildman–Crippen LogP) is 0.495. The van der Waals surface area contributed by atoms with Gasteiger partial charge in [-0.15, -0.1) is 0 Å². The Labute approximate surface area is 185 Å². The number of hydrogen-bond donors (Lipinski definition) is 2. The zero-order chi connectivity index (χ0) is 21.7. The SMILES string of the molecule is O=C1CCC(N2C(=O)c3cccc(NC(=O)COCCOCCI)c3C2=O)C(=O)N1. The Hall–Kier alpha value is -2.38. The average Bonchev–Trinajstić information content (AvgIpc) is 2.96. The molecule has 0 aromatic heterocycles. The van der Waals surface area contributed by atoms with Gasteiger partial charge in [0.2, 0.25) is 17.7 Å². The zero-order valence-corrected chi connectivity index (χ0v) is 18.1. The molecule has 1 aromatic carbocycles. The van der Waals surface area contributed by atoms with Gasteiger partial charge in [-0.05, 0) is 18.6 Å². The monoisotopic (exact) mass is 529 g/mol. The highest BCUT2D eigenvalue weighted by Gasteiger charge is 2.45. The van der Waals surface area contributed by atoms with Crippen LogP contribution in [0.1, 0.15) is 33.6 Å². The fraction of sp³-hybridized carbons (Fsp3) is 0.421. The molecule has 2 aliphatic rings. The van der Waals surface area contributed by atoms with Gasteiger partial charge in [0.1, 0.15) is 12.6 Å². The van der Waals surface area contributed by atoms with Gasteiger partial charge in [-0.25, -0.2) is 0 Å². The minimum absolute atomic E-state index is 0.0194. The summed E-state index contributed by atoms with van der Waals surface area (Å²) < 4.78 is 11.3. The molecule has 1 atom stereocenters. The van der Waals surface area contributed by atoms with Crippen molar-refractivity contribution in [2.45, 2.75) is 18.9 Å². The van der Waals surface area contributed by atoms with Gasteiger partial charge in [-0.1, -0.05) is 28.7 Å². The summed E-state index contributed by atoms with van der Waals surface area (Å²) in [5.74, 6) is -2.94. The average molecular weight is 529 g/mol. The highest BCUT2D eigenvalue weighted by molar-refractivity contribution is 14.1. The maximum Gasteiger partial charge on any atom is 0.264 e. The molecule has 11 heteroatoms. The topological polar surface area (TPSA) is 131 Å². The zero-order valence-electron chi connectivity index (χ0n) is 15.9. The highest BCUT2D eigenvalue weighted by atomic mass is 127. The van der Waals surface area contributed by atoms with Gasteiger partial charge in [-0.3, -0.25) is 34.2 Å². The first kappa shape index (κ1) is 22.3. The van der Waals surface area contributed by atoms with E-state index >= 15 is 0 Å². The Bertz CT molecular complexity index is 889. The maximum atomic E-state index is 12.9. The van der Waals surface area contributed by atoms with E-state index in [4.69, 9.17) is 9.47 Å². The Kier molecular flexibility index (Phi) is 7.50. The third-order valence-electron chi connectivity index (χ3n) is 4.57. The molecule has 0 radical (unpaired) electrons. The van der Waals surface area contributed by atoms with Crippen LogP contribution in [-0.4, -0.2) is 71.3 Å². The Balaban J connectivity index is 1.67. The van der Waals surface area contributed by atoms with Crippen molar-refractivity contribution in [1.82, 2.24) is 10.2 Å². The third kappa shape index (κ3) is 4.84. The Morgan fingerprint density at radius 1 is 1.13 bits per heavy atom. The standard InChI is InChI=1S/C19H20IN3O7/c20-6-7-29-8-9-30-10-15(25)21-12-3-1-2-11-16(12)19(28)23(18(11)27)13-4-5-14(24)22-17(13)26/h1-3,13H,4-10H2,(H,21,25)(H,22,24,26). The minimum Gasteiger partial charge on any atom is -0.378 e. The lowest BCUT2D eigenvalue weighted by atomic mass is 10.0. The number of imide groups is 2. The van der Waals surface area contributed by atoms with Crippen molar-refractivity contribution in [2.24, 2.45) is 0 Å². The minimum atomic E-state index is -1.07. The summed E-state index contributed by atoms with van der Waals surface area (Å²) >= 11 is 2.18. The van der Waals surface area contributed by atoms with E-state index in [9.17, 15) is 24.0 Å². The van der Waals surface area contributed by atoms with Gasteiger partial charge in [0.25, 0.3) is 11.8 Å². The maximum absolute atomic E-state index is 12.9. The number of amides is 5. The second-order valence-electron chi connectivity index (χ2n) is 6.58. The van der Waals surface area contributed by atoms with Gasteiger partial charge in [-0.2, -0.15) is 0 Å². The highest BCUT2D eigenvalue weighted by Crippen LogP contribution is 2.32. The van der Waals surface area contributed by atoms with Crippen molar-refractivity contribution >= 4 is 57.8 Å². The first-order valence-corrected chi connectivity index (χ1v) is 10.8. The lowest BCUT2D eigenvalue weighted by Crippen LogP contribution is -2.54. The molecular formula is C19H20IN3O7. The number of halogens is 1. The van der Waals surface area contributed by atoms with Crippen LogP contribution < -0.4 is 10.6 Å². The number of hydrogen-bond acceptors (Lipinski definition) is 7. The molecule has 160 valence electrons. The summed E-state index contributed by atoms with van der Waals surface area (Å²) in [5, 5.41) is 4.72. The second kappa shape index (κ2) is 10.1. The largest absolute Gasteiger partial charge is 0.378 e. The summed E-state index contributed by atoms with van der Waals surface area (Å²) in [6.07, 6.45) is 0.0948. The van der Waals surface area contributed by atoms with Crippen LogP contribution in [0.4, 0.5) is 5.69 Å². The van der Waals surface area contributed by atoms with Gasteiger partial charge in [0, 0.05) is 10.8 Å². The number of rotatable bonds is 9. The predicted molar refractivity (Wildman–Crippen MR) is 112 cm³/mol. The van der Waals surface area contributed by atoms with Crippen LogP contribution in [0.2, 0.25) is 0 Å². The van der Waals surface area contributed by atoms with Crippen molar-refractivity contribution in [3.63, 3.8) is 0 Å². The summed E-state index contributed by atoms with van der Waals surface area (Å²) in [7, 11) is 0. The molecule has 0 aliphatic carbocycles. The van der Waals surface area contributed by atoms with Crippen LogP contribution >= 0.6 is 22.6 Å². The van der Waals surface area contributed by atoms with E-state index in [1.54, 1.807) is 0 Å². The molecule has 5 amide bonds. The van der Waals surface area contributed by atoms with Crippen LogP contribution in [0.5, 0.6) is 0 Å². The Morgan fingerprint density at radius 3 is 2.63 bits per heavy atom. The molecule has 3 rings (SSSR count). The number of alkyl halides is 1. The molecule has 10 nitrogen and oxygen atoms in total. The molecule has 1 aromatic rings. The fourth-order valence-corrected chi connectivity index (χ4v) is 3.56. The molecule has 2 aliphatic heterocycles. The molecule has 0 saturated carbocycles. The first-order chi connectivity index (χ1) is 14.4. The summed E-state index contributed by atoms with van der Waals surface area (Å²) in [6.45, 7) is 0.977. The number of carbonyl (C=O) groups excluding carboxylic acids is 5. The van der Waals surface area contributed by atoms with Crippen molar-refractivity contribution < 1.29 is 33.4 Å². The molecule has 2 heterocycles. The van der Waals surface area contributed by atoms with E-state index < -0.39 is 35.6 Å². The van der Waals surface area contributed by atoms with Crippen molar-refractivity contribution in [3.8, 4) is 0 Å². The number of ether oxygens (including phenoxy) is 2. The molecular weight excluding hydrogens is 509 g/mol. The second-order valence-corrected chi connectivity index (χ2v) is 7.66. The molecule has 2 N–H and O–H groups in total. The van der Waals surface area contributed by atoms with Crippen molar-refractivity contribution in [2.75, 3.05) is 36.2 Å². The summed E-state index contributed by atoms with van der Waals surface area (Å²) in [6, 6.07) is 3.42. The van der Waals surface area contributed by atoms with E-state index in [2.05, 4.69) is 33.2 Å². The van der Waals surface area contributed by atoms with Crippen LogP contribution in [0.3, 0.4) is 0 Å². The van der Waals surface area contributed by atoms with E-state index in [0.717, 1.165) is 9.33 Å². The van der Waals surface area contributed by atoms with Gasteiger partial charge in [0.05, 0.1) is 36.6 Å². The molecule has 0 bridgehead atoms. The summed E-state index contributed by atoms with van der Waals surface area (Å²) in [5.41, 5.74) is 0.275. The van der Waals surface area contributed by atoms with Crippen molar-refractivity contribution in [1.29, 1.82) is 0 Å². The first-order valence-electron chi connectivity index (χ1n) is 9.30. The number of fused-ring (bicyclic) bond motifs is 1. The quantitative estimate of drug-likeness (QED) is 0.206. The number of piperidine rings is 1. The molecule has 30 heavy (non-hydrogen) atoms. The van der Waals surface area contributed by atoms with E-state index in [1.807, 2.05) is 0 Å². The van der Waals surface area contributed by atoms with E-state index in [1.165, 1.54) is 18.2 Å². The van der Waals surface area contributed by atoms with Gasteiger partial charge < -0.3 is 14.8 Å². The lowest BCUT2D eigenvalue weighted by Gasteiger charge is -2.27. The van der Waals surface area contributed by atoms with Crippen molar-refractivity contribution in [3.05, 3.63) is 29.3 Å². The number of anilines is 1.